The van der Waals surface area contributed by atoms with Crippen molar-refractivity contribution in [1.82, 2.24) is 5.32 Å². The second kappa shape index (κ2) is 6.51. The number of anilines is 1. The Morgan fingerprint density at radius 1 is 1.29 bits per heavy atom. The second-order valence-electron chi connectivity index (χ2n) is 5.95. The summed E-state index contributed by atoms with van der Waals surface area (Å²) >= 11 is 5.39. The fourth-order valence-corrected chi connectivity index (χ4v) is 4.33. The van der Waals surface area contributed by atoms with Crippen LogP contribution in [-0.4, -0.2) is 12.6 Å². The summed E-state index contributed by atoms with van der Waals surface area (Å²) in [6.45, 7) is 7.60. The molecule has 1 unspecified atom stereocenters. The van der Waals surface area contributed by atoms with Crippen LogP contribution < -0.4 is 10.2 Å². The van der Waals surface area contributed by atoms with Crippen molar-refractivity contribution >= 4 is 33.0 Å². The molecule has 1 aliphatic rings. The normalized spacial score (nSPS) is 18.7. The minimum Gasteiger partial charge on any atom is -0.365 e. The van der Waals surface area contributed by atoms with Crippen LogP contribution in [0.15, 0.2) is 40.2 Å². The Kier molecular flexibility index (Phi) is 4.67. The third kappa shape index (κ3) is 3.50. The van der Waals surface area contributed by atoms with Gasteiger partial charge in [0.1, 0.15) is 0 Å². The van der Waals surface area contributed by atoms with Crippen LogP contribution in [0.25, 0.3) is 0 Å². The third-order valence-electron chi connectivity index (χ3n) is 4.08. The van der Waals surface area contributed by atoms with Crippen LogP contribution >= 0.6 is 27.3 Å². The molecule has 1 atom stereocenters. The summed E-state index contributed by atoms with van der Waals surface area (Å²) in [4.78, 5) is 3.93. The fourth-order valence-electron chi connectivity index (χ4n) is 2.83. The Morgan fingerprint density at radius 2 is 2.10 bits per heavy atom. The SMILES string of the molecule is CC(C)C1CN(Cc2ccc(Br)s2)c2ccccc2CN1. The Bertz CT molecular complexity index is 608. The zero-order valence-corrected chi connectivity index (χ0v) is 14.9. The third-order valence-corrected chi connectivity index (χ3v) is 5.69. The average molecular weight is 365 g/mol. The lowest BCUT2D eigenvalue weighted by Crippen LogP contribution is -2.41. The van der Waals surface area contributed by atoms with Gasteiger partial charge in [0.15, 0.2) is 0 Å². The molecule has 2 heterocycles. The van der Waals surface area contributed by atoms with Crippen LogP contribution in [0.1, 0.15) is 24.3 Å². The highest BCUT2D eigenvalue weighted by atomic mass is 79.9. The number of hydrogen-bond donors (Lipinski definition) is 1. The first-order valence-corrected chi connectivity index (χ1v) is 9.05. The summed E-state index contributed by atoms with van der Waals surface area (Å²) in [5, 5.41) is 3.71. The van der Waals surface area contributed by atoms with Crippen LogP contribution in [0.5, 0.6) is 0 Å². The number of fused-ring (bicyclic) bond motifs is 1. The van der Waals surface area contributed by atoms with Gasteiger partial charge in [-0.25, -0.2) is 0 Å². The molecular weight excluding hydrogens is 344 g/mol. The smallest absolute Gasteiger partial charge is 0.0702 e. The molecule has 21 heavy (non-hydrogen) atoms. The van der Waals surface area contributed by atoms with Crippen molar-refractivity contribution in [3.05, 3.63) is 50.6 Å². The number of nitrogens with one attached hydrogen (secondary N) is 1. The summed E-state index contributed by atoms with van der Waals surface area (Å²) in [5.41, 5.74) is 2.77. The average Bonchev–Trinajstić information content (AvgIpc) is 2.78. The van der Waals surface area contributed by atoms with E-state index < -0.39 is 0 Å². The molecule has 0 bridgehead atoms. The van der Waals surface area contributed by atoms with Gasteiger partial charge in [0.25, 0.3) is 0 Å². The quantitative estimate of drug-likeness (QED) is 0.852. The lowest BCUT2D eigenvalue weighted by atomic mass is 10.0. The van der Waals surface area contributed by atoms with Gasteiger partial charge in [0, 0.05) is 29.7 Å². The first-order valence-electron chi connectivity index (χ1n) is 7.44. The number of benzene rings is 1. The summed E-state index contributed by atoms with van der Waals surface area (Å²) < 4.78 is 1.21. The zero-order valence-electron chi connectivity index (χ0n) is 12.5. The van der Waals surface area contributed by atoms with Crippen molar-refractivity contribution in [2.75, 3.05) is 11.4 Å². The molecular formula is C17H21BrN2S. The number of rotatable bonds is 3. The Morgan fingerprint density at radius 3 is 2.81 bits per heavy atom. The maximum atomic E-state index is 3.71. The van der Waals surface area contributed by atoms with Gasteiger partial charge in [0.2, 0.25) is 0 Å². The minimum atomic E-state index is 0.529. The van der Waals surface area contributed by atoms with Crippen LogP contribution in [-0.2, 0) is 13.1 Å². The molecule has 0 saturated heterocycles. The number of para-hydroxylation sites is 1. The number of thiophene rings is 1. The topological polar surface area (TPSA) is 15.3 Å². The molecule has 0 aliphatic carbocycles. The molecule has 0 fully saturated rings. The van der Waals surface area contributed by atoms with Crippen LogP contribution in [0, 0.1) is 5.92 Å². The van der Waals surface area contributed by atoms with Gasteiger partial charge in [0.05, 0.1) is 10.3 Å². The van der Waals surface area contributed by atoms with Gasteiger partial charge in [-0.3, -0.25) is 0 Å². The molecule has 1 aromatic carbocycles. The van der Waals surface area contributed by atoms with E-state index in [9.17, 15) is 0 Å². The lowest BCUT2D eigenvalue weighted by Gasteiger charge is -2.29. The van der Waals surface area contributed by atoms with E-state index in [1.165, 1.54) is 19.9 Å². The monoisotopic (exact) mass is 364 g/mol. The molecule has 0 radical (unpaired) electrons. The molecule has 1 N–H and O–H groups in total. The molecule has 2 nitrogen and oxygen atoms in total. The molecule has 2 aromatic rings. The molecule has 1 aliphatic heterocycles. The zero-order chi connectivity index (χ0) is 14.8. The molecule has 0 saturated carbocycles. The highest BCUT2D eigenvalue weighted by Gasteiger charge is 2.23. The van der Waals surface area contributed by atoms with Gasteiger partial charge in [-0.2, -0.15) is 0 Å². The summed E-state index contributed by atoms with van der Waals surface area (Å²) in [6.07, 6.45) is 0. The van der Waals surface area contributed by atoms with Gasteiger partial charge in [-0.15, -0.1) is 11.3 Å². The van der Waals surface area contributed by atoms with E-state index >= 15 is 0 Å². The summed E-state index contributed by atoms with van der Waals surface area (Å²) in [7, 11) is 0. The Hall–Kier alpha value is -0.840. The standard InChI is InChI=1S/C17H21BrN2S/c1-12(2)15-11-20(10-14-7-8-17(18)21-14)16-6-4-3-5-13(16)9-19-15/h3-8,12,15,19H,9-11H2,1-2H3. The van der Waals surface area contributed by atoms with E-state index in [1.807, 2.05) is 11.3 Å². The van der Waals surface area contributed by atoms with E-state index in [1.54, 1.807) is 0 Å². The number of halogens is 1. The van der Waals surface area contributed by atoms with Crippen molar-refractivity contribution in [2.24, 2.45) is 5.92 Å². The van der Waals surface area contributed by atoms with E-state index in [0.29, 0.717) is 12.0 Å². The lowest BCUT2D eigenvalue weighted by molar-refractivity contribution is 0.403. The van der Waals surface area contributed by atoms with Crippen molar-refractivity contribution in [2.45, 2.75) is 33.0 Å². The molecule has 0 amide bonds. The van der Waals surface area contributed by atoms with E-state index in [2.05, 4.69) is 76.4 Å². The van der Waals surface area contributed by atoms with E-state index in [0.717, 1.165) is 19.6 Å². The summed E-state index contributed by atoms with van der Waals surface area (Å²) in [5.74, 6) is 0.636. The van der Waals surface area contributed by atoms with Crippen molar-refractivity contribution in [1.29, 1.82) is 0 Å². The maximum Gasteiger partial charge on any atom is 0.0702 e. The van der Waals surface area contributed by atoms with Gasteiger partial charge in [-0.05, 0) is 45.6 Å². The van der Waals surface area contributed by atoms with Gasteiger partial charge < -0.3 is 10.2 Å². The molecule has 4 heteroatoms. The number of hydrogen-bond acceptors (Lipinski definition) is 3. The molecule has 1 aromatic heterocycles. The molecule has 112 valence electrons. The van der Waals surface area contributed by atoms with Crippen molar-refractivity contribution in [3.63, 3.8) is 0 Å². The first-order chi connectivity index (χ1) is 10.1. The largest absolute Gasteiger partial charge is 0.365 e. The predicted molar refractivity (Wildman–Crippen MR) is 95.0 cm³/mol. The van der Waals surface area contributed by atoms with Gasteiger partial charge in [-0.1, -0.05) is 32.0 Å². The van der Waals surface area contributed by atoms with Gasteiger partial charge >= 0.3 is 0 Å². The fraction of sp³-hybridized carbons (Fsp3) is 0.412. The van der Waals surface area contributed by atoms with Crippen molar-refractivity contribution < 1.29 is 0 Å². The second-order valence-corrected chi connectivity index (χ2v) is 8.49. The molecule has 3 rings (SSSR count). The summed E-state index contributed by atoms with van der Waals surface area (Å²) in [6, 6.07) is 13.7. The predicted octanol–water partition coefficient (Wildman–Crippen LogP) is 4.65. The van der Waals surface area contributed by atoms with Crippen molar-refractivity contribution in [3.8, 4) is 0 Å². The Balaban J connectivity index is 1.89. The van der Waals surface area contributed by atoms with E-state index in [-0.39, 0.29) is 0 Å². The Labute approximate surface area is 139 Å². The number of nitrogens with zero attached hydrogens (tertiary/aromatic N) is 1. The highest BCUT2D eigenvalue weighted by molar-refractivity contribution is 9.11. The van der Waals surface area contributed by atoms with Crippen LogP contribution in [0.3, 0.4) is 0 Å². The van der Waals surface area contributed by atoms with Crippen LogP contribution in [0.2, 0.25) is 0 Å². The maximum absolute atomic E-state index is 3.71. The molecule has 0 spiro atoms. The van der Waals surface area contributed by atoms with Crippen LogP contribution in [0.4, 0.5) is 5.69 Å². The van der Waals surface area contributed by atoms with E-state index in [4.69, 9.17) is 0 Å². The highest BCUT2D eigenvalue weighted by Crippen LogP contribution is 2.29. The first kappa shape index (κ1) is 15.1. The minimum absolute atomic E-state index is 0.529.